The molecule has 0 amide bonds. The van der Waals surface area contributed by atoms with Crippen LogP contribution < -0.4 is 5.32 Å². The number of anilines is 1. The standard InChI is InChI=1S/C18H25N5OS/c1-13-4-5-17(22-21-13)20-15-8-18(24-10-15)6-3-7-23(12-18)9-16-11-25-14(2)19-16/h4-5,11,15H,3,6-10,12H2,1-2H3,(H,20,22). The first-order chi connectivity index (χ1) is 12.1. The summed E-state index contributed by atoms with van der Waals surface area (Å²) in [5.74, 6) is 0.835. The lowest BCUT2D eigenvalue weighted by molar-refractivity contribution is -0.0535. The van der Waals surface area contributed by atoms with E-state index in [1.54, 1.807) is 11.3 Å². The Kier molecular flexibility index (Phi) is 4.71. The van der Waals surface area contributed by atoms with Gasteiger partial charge in [-0.05, 0) is 45.4 Å². The van der Waals surface area contributed by atoms with Gasteiger partial charge in [-0.2, -0.15) is 5.10 Å². The van der Waals surface area contributed by atoms with Crippen LogP contribution in [0, 0.1) is 13.8 Å². The highest BCUT2D eigenvalue weighted by molar-refractivity contribution is 7.09. The molecule has 2 unspecified atom stereocenters. The molecule has 2 aliphatic heterocycles. The summed E-state index contributed by atoms with van der Waals surface area (Å²) in [5, 5.41) is 15.1. The van der Waals surface area contributed by atoms with Crippen LogP contribution >= 0.6 is 11.3 Å². The van der Waals surface area contributed by atoms with Crippen molar-refractivity contribution in [2.75, 3.05) is 25.0 Å². The Labute approximate surface area is 152 Å². The van der Waals surface area contributed by atoms with Crippen LogP contribution in [0.5, 0.6) is 0 Å². The van der Waals surface area contributed by atoms with Gasteiger partial charge in [0, 0.05) is 24.9 Å². The van der Waals surface area contributed by atoms with Gasteiger partial charge in [0.2, 0.25) is 0 Å². The van der Waals surface area contributed by atoms with Gasteiger partial charge in [-0.3, -0.25) is 4.90 Å². The van der Waals surface area contributed by atoms with Crippen molar-refractivity contribution in [1.29, 1.82) is 0 Å². The largest absolute Gasteiger partial charge is 0.371 e. The normalized spacial score (nSPS) is 27.0. The molecular formula is C18H25N5OS. The lowest BCUT2D eigenvalue weighted by Crippen LogP contribution is -2.47. The molecule has 2 aromatic heterocycles. The number of hydrogen-bond donors (Lipinski definition) is 1. The molecule has 4 heterocycles. The molecule has 2 fully saturated rings. The van der Waals surface area contributed by atoms with Gasteiger partial charge in [0.15, 0.2) is 0 Å². The van der Waals surface area contributed by atoms with Crippen molar-refractivity contribution >= 4 is 17.2 Å². The Balaban J connectivity index is 1.36. The molecular weight excluding hydrogens is 334 g/mol. The molecule has 134 valence electrons. The monoisotopic (exact) mass is 359 g/mol. The van der Waals surface area contributed by atoms with Gasteiger partial charge < -0.3 is 10.1 Å². The molecule has 0 aromatic carbocycles. The van der Waals surface area contributed by atoms with Crippen molar-refractivity contribution in [2.45, 2.75) is 51.3 Å². The number of hydrogen-bond acceptors (Lipinski definition) is 7. The number of piperidine rings is 1. The van der Waals surface area contributed by atoms with Crippen LogP contribution in [0.15, 0.2) is 17.5 Å². The lowest BCUT2D eigenvalue weighted by atomic mass is 9.88. The van der Waals surface area contributed by atoms with Crippen molar-refractivity contribution in [3.05, 3.63) is 33.9 Å². The Bertz CT molecular complexity index is 719. The summed E-state index contributed by atoms with van der Waals surface area (Å²) in [6.45, 7) is 7.79. The third-order valence-electron chi connectivity index (χ3n) is 5.03. The molecule has 2 aromatic rings. The van der Waals surface area contributed by atoms with Gasteiger partial charge in [-0.1, -0.05) is 0 Å². The van der Waals surface area contributed by atoms with Crippen molar-refractivity contribution in [3.8, 4) is 0 Å². The van der Waals surface area contributed by atoms with Crippen molar-refractivity contribution < 1.29 is 4.74 Å². The maximum absolute atomic E-state index is 6.29. The average Bonchev–Trinajstić information content (AvgIpc) is 3.16. The van der Waals surface area contributed by atoms with E-state index in [0.29, 0.717) is 6.04 Å². The molecule has 1 N–H and O–H groups in total. The molecule has 4 rings (SSSR count). The fourth-order valence-electron chi connectivity index (χ4n) is 3.94. The maximum Gasteiger partial charge on any atom is 0.148 e. The zero-order valence-corrected chi connectivity index (χ0v) is 15.7. The van der Waals surface area contributed by atoms with Crippen LogP contribution in [-0.2, 0) is 11.3 Å². The summed E-state index contributed by atoms with van der Waals surface area (Å²) in [7, 11) is 0. The van der Waals surface area contributed by atoms with Gasteiger partial charge in [0.05, 0.1) is 34.6 Å². The van der Waals surface area contributed by atoms with Crippen LogP contribution in [-0.4, -0.2) is 51.4 Å². The Morgan fingerprint density at radius 3 is 3.04 bits per heavy atom. The molecule has 0 bridgehead atoms. The zero-order valence-electron chi connectivity index (χ0n) is 14.9. The third kappa shape index (κ3) is 3.99. The first-order valence-electron chi connectivity index (χ1n) is 8.94. The van der Waals surface area contributed by atoms with Crippen LogP contribution in [0.2, 0.25) is 0 Å². The topological polar surface area (TPSA) is 63.2 Å². The Morgan fingerprint density at radius 1 is 1.36 bits per heavy atom. The minimum Gasteiger partial charge on any atom is -0.371 e. The minimum atomic E-state index is -0.0287. The van der Waals surface area contributed by atoms with Gasteiger partial charge in [0.1, 0.15) is 5.82 Å². The summed E-state index contributed by atoms with van der Waals surface area (Å²) in [4.78, 5) is 7.10. The van der Waals surface area contributed by atoms with Gasteiger partial charge in [0.25, 0.3) is 0 Å². The summed E-state index contributed by atoms with van der Waals surface area (Å²) < 4.78 is 6.29. The van der Waals surface area contributed by atoms with E-state index in [4.69, 9.17) is 4.74 Å². The van der Waals surface area contributed by atoms with Crippen molar-refractivity contribution in [3.63, 3.8) is 0 Å². The van der Waals surface area contributed by atoms with E-state index in [-0.39, 0.29) is 5.60 Å². The van der Waals surface area contributed by atoms with E-state index in [2.05, 4.69) is 37.7 Å². The second-order valence-corrected chi connectivity index (χ2v) is 8.33. The first kappa shape index (κ1) is 16.9. The van der Waals surface area contributed by atoms with E-state index in [1.165, 1.54) is 12.1 Å². The highest BCUT2D eigenvalue weighted by Gasteiger charge is 2.43. The SMILES string of the molecule is Cc1ccc(NC2COC3(CCCN(Cc4csc(C)n4)C3)C2)nn1. The summed E-state index contributed by atoms with van der Waals surface area (Å²) in [5.41, 5.74) is 2.09. The van der Waals surface area contributed by atoms with Crippen LogP contribution in [0.25, 0.3) is 0 Å². The number of ether oxygens (including phenoxy) is 1. The quantitative estimate of drug-likeness (QED) is 0.906. The van der Waals surface area contributed by atoms with Gasteiger partial charge in [-0.15, -0.1) is 16.4 Å². The molecule has 6 nitrogen and oxygen atoms in total. The number of nitrogens with zero attached hydrogens (tertiary/aromatic N) is 4. The highest BCUT2D eigenvalue weighted by atomic mass is 32.1. The molecule has 2 saturated heterocycles. The number of likely N-dealkylation sites (tertiary alicyclic amines) is 1. The molecule has 0 aliphatic carbocycles. The molecule has 7 heteroatoms. The minimum absolute atomic E-state index is 0.0287. The molecule has 2 atom stereocenters. The molecule has 2 aliphatic rings. The summed E-state index contributed by atoms with van der Waals surface area (Å²) in [6, 6.07) is 4.28. The second-order valence-electron chi connectivity index (χ2n) is 7.27. The smallest absolute Gasteiger partial charge is 0.148 e. The van der Waals surface area contributed by atoms with Gasteiger partial charge >= 0.3 is 0 Å². The predicted molar refractivity (Wildman–Crippen MR) is 98.8 cm³/mol. The number of nitrogens with one attached hydrogen (secondary N) is 1. The first-order valence-corrected chi connectivity index (χ1v) is 9.82. The van der Waals surface area contributed by atoms with E-state index >= 15 is 0 Å². The zero-order chi connectivity index (χ0) is 17.3. The van der Waals surface area contributed by atoms with E-state index < -0.39 is 0 Å². The third-order valence-corrected chi connectivity index (χ3v) is 5.85. The maximum atomic E-state index is 6.29. The summed E-state index contributed by atoms with van der Waals surface area (Å²) >= 11 is 1.73. The van der Waals surface area contributed by atoms with Crippen LogP contribution in [0.1, 0.15) is 35.7 Å². The fourth-order valence-corrected chi connectivity index (χ4v) is 4.55. The molecule has 0 radical (unpaired) electrons. The predicted octanol–water partition coefficient (Wildman–Crippen LogP) is 2.79. The molecule has 0 saturated carbocycles. The highest BCUT2D eigenvalue weighted by Crippen LogP contribution is 2.36. The number of aromatic nitrogens is 3. The molecule has 1 spiro atoms. The second kappa shape index (κ2) is 6.97. The van der Waals surface area contributed by atoms with Crippen LogP contribution in [0.3, 0.4) is 0 Å². The summed E-state index contributed by atoms with van der Waals surface area (Å²) in [6.07, 6.45) is 3.34. The number of thiazole rings is 1. The lowest BCUT2D eigenvalue weighted by Gasteiger charge is -2.39. The molecule has 25 heavy (non-hydrogen) atoms. The van der Waals surface area contributed by atoms with Crippen molar-refractivity contribution in [1.82, 2.24) is 20.1 Å². The number of aryl methyl sites for hydroxylation is 2. The van der Waals surface area contributed by atoms with E-state index in [1.807, 2.05) is 19.1 Å². The number of rotatable bonds is 4. The van der Waals surface area contributed by atoms with Gasteiger partial charge in [-0.25, -0.2) is 4.98 Å². The average molecular weight is 359 g/mol. The fraction of sp³-hybridized carbons (Fsp3) is 0.611. The Morgan fingerprint density at radius 2 is 2.28 bits per heavy atom. The van der Waals surface area contributed by atoms with E-state index in [9.17, 15) is 0 Å². The Hall–Kier alpha value is -1.57. The van der Waals surface area contributed by atoms with Crippen LogP contribution in [0.4, 0.5) is 5.82 Å². The van der Waals surface area contributed by atoms with E-state index in [0.717, 1.165) is 55.6 Å². The van der Waals surface area contributed by atoms with Crippen molar-refractivity contribution in [2.24, 2.45) is 0 Å².